The van der Waals surface area contributed by atoms with Crippen LogP contribution in [0.4, 0.5) is 10.5 Å². The van der Waals surface area contributed by atoms with E-state index in [9.17, 15) is 14.7 Å². The first-order chi connectivity index (χ1) is 12.8. The Kier molecular flexibility index (Phi) is 4.26. The van der Waals surface area contributed by atoms with Crippen molar-refractivity contribution in [2.75, 3.05) is 25.0 Å². The van der Waals surface area contributed by atoms with Gasteiger partial charge in [-0.2, -0.15) is 0 Å². The minimum Gasteiger partial charge on any atom is -0.478 e. The Bertz CT molecular complexity index is 932. The van der Waals surface area contributed by atoms with Gasteiger partial charge in [0.25, 0.3) is 0 Å². The van der Waals surface area contributed by atoms with Gasteiger partial charge in [-0.25, -0.2) is 9.59 Å². The number of aromatic carboxylic acids is 1. The van der Waals surface area contributed by atoms with E-state index in [0.29, 0.717) is 18.7 Å². The van der Waals surface area contributed by atoms with E-state index in [4.69, 9.17) is 0 Å². The molecule has 0 bridgehead atoms. The number of carboxylic acids is 1. The van der Waals surface area contributed by atoms with Crippen molar-refractivity contribution in [1.29, 1.82) is 0 Å². The Morgan fingerprint density at radius 1 is 1.22 bits per heavy atom. The van der Waals surface area contributed by atoms with Crippen molar-refractivity contribution in [1.82, 2.24) is 4.90 Å². The molecular formula is C21H24N2O3S. The highest BCUT2D eigenvalue weighted by Crippen LogP contribution is 2.47. The van der Waals surface area contributed by atoms with Crippen LogP contribution >= 0.6 is 11.3 Å². The minimum absolute atomic E-state index is 0.0400. The maximum absolute atomic E-state index is 12.5. The normalized spacial score (nSPS) is 18.7. The average Bonchev–Trinajstić information content (AvgIpc) is 3.14. The largest absolute Gasteiger partial charge is 0.478 e. The fourth-order valence-electron chi connectivity index (χ4n) is 4.11. The molecule has 1 aromatic carbocycles. The summed E-state index contributed by atoms with van der Waals surface area (Å²) >= 11 is 1.59. The third-order valence-electron chi connectivity index (χ3n) is 5.64. The van der Waals surface area contributed by atoms with Crippen LogP contribution in [0.2, 0.25) is 0 Å². The molecule has 0 spiro atoms. The number of para-hydroxylation sites is 1. The lowest BCUT2D eigenvalue weighted by Gasteiger charge is -2.29. The number of carbonyl (C=O) groups excluding carboxylic acids is 1. The molecule has 1 fully saturated rings. The summed E-state index contributed by atoms with van der Waals surface area (Å²) in [4.78, 5) is 30.1. The molecule has 1 aliphatic carbocycles. The summed E-state index contributed by atoms with van der Waals surface area (Å²) in [7, 11) is 1.79. The van der Waals surface area contributed by atoms with Gasteiger partial charge < -0.3 is 10.0 Å². The molecule has 2 aliphatic rings. The first-order valence-corrected chi connectivity index (χ1v) is 10.1. The van der Waals surface area contributed by atoms with Crippen LogP contribution < -0.4 is 4.90 Å². The molecule has 1 aliphatic heterocycles. The number of hydrogen-bond acceptors (Lipinski definition) is 3. The van der Waals surface area contributed by atoms with Crippen molar-refractivity contribution in [2.24, 2.45) is 5.41 Å². The quantitative estimate of drug-likeness (QED) is 0.847. The van der Waals surface area contributed by atoms with E-state index in [-0.39, 0.29) is 11.4 Å². The Labute approximate surface area is 163 Å². The molecule has 5 nitrogen and oxygen atoms in total. The van der Waals surface area contributed by atoms with E-state index < -0.39 is 5.97 Å². The molecule has 2 aromatic rings. The monoisotopic (exact) mass is 384 g/mol. The number of likely N-dealkylation sites (N-methyl/N-ethyl adjacent to an activating group) is 1. The molecule has 0 atom stereocenters. The molecule has 27 heavy (non-hydrogen) atoms. The minimum atomic E-state index is -0.875. The van der Waals surface area contributed by atoms with Crippen LogP contribution in [-0.2, 0) is 12.8 Å². The SMILES string of the molecule is CN1CCN(c2ccccc2-c2sc3c(c2C(=O)O)CC(C)(C)CC3)C1=O. The van der Waals surface area contributed by atoms with Crippen LogP contribution in [0.1, 0.15) is 41.1 Å². The van der Waals surface area contributed by atoms with Gasteiger partial charge in [-0.3, -0.25) is 4.90 Å². The summed E-state index contributed by atoms with van der Waals surface area (Å²) in [6.45, 7) is 5.69. The van der Waals surface area contributed by atoms with Gasteiger partial charge in [0, 0.05) is 30.6 Å². The summed E-state index contributed by atoms with van der Waals surface area (Å²) in [5.74, 6) is -0.875. The van der Waals surface area contributed by atoms with Crippen molar-refractivity contribution in [2.45, 2.75) is 33.1 Å². The van der Waals surface area contributed by atoms with Gasteiger partial charge in [0.1, 0.15) is 0 Å². The lowest BCUT2D eigenvalue weighted by molar-refractivity contribution is 0.0696. The second-order valence-corrected chi connectivity index (χ2v) is 9.33. The summed E-state index contributed by atoms with van der Waals surface area (Å²) in [5.41, 5.74) is 3.17. The number of hydrogen-bond donors (Lipinski definition) is 1. The highest BCUT2D eigenvalue weighted by atomic mass is 32.1. The number of thiophene rings is 1. The molecule has 0 saturated carbocycles. The van der Waals surface area contributed by atoms with E-state index >= 15 is 0 Å². The van der Waals surface area contributed by atoms with Gasteiger partial charge in [0.2, 0.25) is 0 Å². The number of benzene rings is 1. The molecule has 4 rings (SSSR count). The van der Waals surface area contributed by atoms with Gasteiger partial charge >= 0.3 is 12.0 Å². The van der Waals surface area contributed by atoms with Crippen molar-refractivity contribution >= 4 is 29.0 Å². The molecular weight excluding hydrogens is 360 g/mol. The fraction of sp³-hybridized carbons (Fsp3) is 0.429. The summed E-state index contributed by atoms with van der Waals surface area (Å²) < 4.78 is 0. The predicted octanol–water partition coefficient (Wildman–Crippen LogP) is 4.50. The maximum Gasteiger partial charge on any atom is 0.337 e. The van der Waals surface area contributed by atoms with Gasteiger partial charge in [0.15, 0.2) is 0 Å². The Morgan fingerprint density at radius 3 is 2.63 bits per heavy atom. The smallest absolute Gasteiger partial charge is 0.337 e. The van der Waals surface area contributed by atoms with Crippen LogP contribution in [0.3, 0.4) is 0 Å². The zero-order chi connectivity index (χ0) is 19.3. The molecule has 1 saturated heterocycles. The average molecular weight is 385 g/mol. The number of carbonyl (C=O) groups is 2. The van der Waals surface area contributed by atoms with Gasteiger partial charge in [-0.05, 0) is 36.3 Å². The molecule has 2 heterocycles. The molecule has 6 heteroatoms. The number of amides is 2. The summed E-state index contributed by atoms with van der Waals surface area (Å²) in [6.07, 6.45) is 2.77. The number of aryl methyl sites for hydroxylation is 1. The van der Waals surface area contributed by atoms with Crippen LogP contribution in [-0.4, -0.2) is 42.1 Å². The lowest BCUT2D eigenvalue weighted by atomic mass is 9.76. The fourth-order valence-corrected chi connectivity index (χ4v) is 5.45. The van der Waals surface area contributed by atoms with E-state index in [1.165, 1.54) is 4.88 Å². The lowest BCUT2D eigenvalue weighted by Crippen LogP contribution is -2.29. The molecule has 1 aromatic heterocycles. The van der Waals surface area contributed by atoms with Crippen LogP contribution in [0.25, 0.3) is 10.4 Å². The number of urea groups is 1. The topological polar surface area (TPSA) is 60.9 Å². The Hall–Kier alpha value is -2.34. The number of rotatable bonds is 3. The van der Waals surface area contributed by atoms with E-state index in [1.807, 2.05) is 24.3 Å². The predicted molar refractivity (Wildman–Crippen MR) is 108 cm³/mol. The highest BCUT2D eigenvalue weighted by molar-refractivity contribution is 7.16. The first-order valence-electron chi connectivity index (χ1n) is 9.28. The first kappa shape index (κ1) is 18.0. The number of nitrogens with zero attached hydrogens (tertiary/aromatic N) is 2. The summed E-state index contributed by atoms with van der Waals surface area (Å²) in [6, 6.07) is 7.64. The van der Waals surface area contributed by atoms with Gasteiger partial charge in [0.05, 0.1) is 16.1 Å². The Balaban J connectivity index is 1.87. The number of fused-ring (bicyclic) bond motifs is 1. The molecule has 1 N–H and O–H groups in total. The number of carboxylic acid groups (broad SMARTS) is 1. The number of anilines is 1. The zero-order valence-corrected chi connectivity index (χ0v) is 16.7. The van der Waals surface area contributed by atoms with Crippen LogP contribution in [0, 0.1) is 5.41 Å². The molecule has 142 valence electrons. The van der Waals surface area contributed by atoms with E-state index in [2.05, 4.69) is 13.8 Å². The van der Waals surface area contributed by atoms with Crippen molar-refractivity contribution in [3.8, 4) is 10.4 Å². The third-order valence-corrected chi connectivity index (χ3v) is 6.97. The van der Waals surface area contributed by atoms with Crippen molar-refractivity contribution in [3.05, 3.63) is 40.3 Å². The molecule has 0 radical (unpaired) electrons. The van der Waals surface area contributed by atoms with Gasteiger partial charge in [-0.15, -0.1) is 11.3 Å². The second kappa shape index (κ2) is 6.37. The van der Waals surface area contributed by atoms with E-state index in [1.54, 1.807) is 28.2 Å². The second-order valence-electron chi connectivity index (χ2n) is 8.23. The third kappa shape index (κ3) is 3.02. The maximum atomic E-state index is 12.5. The van der Waals surface area contributed by atoms with Crippen molar-refractivity contribution < 1.29 is 14.7 Å². The standard InChI is InChI=1S/C21H24N2O3S/c1-21(2)9-8-16-14(12-21)17(19(24)25)18(27-16)13-6-4-5-7-15(13)23-11-10-22(3)20(23)26/h4-7H,8-12H2,1-3H3,(H,24,25). The van der Waals surface area contributed by atoms with Crippen molar-refractivity contribution in [3.63, 3.8) is 0 Å². The van der Waals surface area contributed by atoms with Crippen LogP contribution in [0.15, 0.2) is 24.3 Å². The highest BCUT2D eigenvalue weighted by Gasteiger charge is 2.35. The van der Waals surface area contributed by atoms with E-state index in [0.717, 1.165) is 41.0 Å². The molecule has 2 amide bonds. The summed E-state index contributed by atoms with van der Waals surface area (Å²) in [5, 5.41) is 10.0. The van der Waals surface area contributed by atoms with Gasteiger partial charge in [-0.1, -0.05) is 32.0 Å². The Morgan fingerprint density at radius 2 is 1.96 bits per heavy atom. The molecule has 0 unspecified atom stereocenters. The zero-order valence-electron chi connectivity index (χ0n) is 15.9. The van der Waals surface area contributed by atoms with Crippen LogP contribution in [0.5, 0.6) is 0 Å².